The van der Waals surface area contributed by atoms with Crippen LogP contribution in [0.25, 0.3) is 0 Å². The summed E-state index contributed by atoms with van der Waals surface area (Å²) in [5, 5.41) is 1.70. The first-order chi connectivity index (χ1) is 7.16. The summed E-state index contributed by atoms with van der Waals surface area (Å²) in [7, 11) is 1.95. The molecule has 2 heterocycles. The molecule has 0 atom stereocenters. The van der Waals surface area contributed by atoms with Crippen LogP contribution in [-0.4, -0.2) is 14.5 Å². The van der Waals surface area contributed by atoms with E-state index in [4.69, 9.17) is 5.73 Å². The highest BCUT2D eigenvalue weighted by Crippen LogP contribution is 2.28. The summed E-state index contributed by atoms with van der Waals surface area (Å²) in [6.07, 6.45) is 3.66. The lowest BCUT2D eigenvalue weighted by Crippen LogP contribution is -1.95. The van der Waals surface area contributed by atoms with Crippen molar-refractivity contribution >= 4 is 17.4 Å². The zero-order valence-electron chi connectivity index (χ0n) is 8.64. The molecule has 15 heavy (non-hydrogen) atoms. The van der Waals surface area contributed by atoms with E-state index in [0.717, 1.165) is 15.9 Å². The van der Waals surface area contributed by atoms with Crippen LogP contribution in [0.4, 0.5) is 5.69 Å². The van der Waals surface area contributed by atoms with Crippen molar-refractivity contribution in [1.82, 2.24) is 14.5 Å². The number of anilines is 1. The van der Waals surface area contributed by atoms with E-state index in [1.54, 1.807) is 6.20 Å². The smallest absolute Gasteiger partial charge is 0.174 e. The molecule has 0 aliphatic heterocycles. The van der Waals surface area contributed by atoms with E-state index in [1.807, 2.05) is 36.9 Å². The van der Waals surface area contributed by atoms with E-state index < -0.39 is 0 Å². The van der Waals surface area contributed by atoms with Gasteiger partial charge in [-0.2, -0.15) is 0 Å². The maximum Gasteiger partial charge on any atom is 0.174 e. The monoisotopic (exact) mass is 220 g/mol. The number of pyridine rings is 1. The molecule has 2 N–H and O–H groups in total. The molecule has 0 aliphatic rings. The first-order valence-corrected chi connectivity index (χ1v) is 5.37. The highest BCUT2D eigenvalue weighted by atomic mass is 32.2. The first kappa shape index (κ1) is 10.0. The minimum absolute atomic E-state index is 0.689. The Morgan fingerprint density at radius 2 is 2.20 bits per heavy atom. The summed E-state index contributed by atoms with van der Waals surface area (Å²) in [4.78, 5) is 8.59. The molecule has 0 spiro atoms. The molecular weight excluding hydrogens is 208 g/mol. The molecule has 0 unspecified atom stereocenters. The van der Waals surface area contributed by atoms with Gasteiger partial charge in [0.25, 0.3) is 0 Å². The molecule has 2 aromatic heterocycles. The van der Waals surface area contributed by atoms with Gasteiger partial charge in [0.15, 0.2) is 5.16 Å². The van der Waals surface area contributed by atoms with Crippen LogP contribution in [-0.2, 0) is 7.05 Å². The van der Waals surface area contributed by atoms with Crippen molar-refractivity contribution in [3.05, 3.63) is 30.2 Å². The Labute approximate surface area is 92.5 Å². The minimum atomic E-state index is 0.689. The van der Waals surface area contributed by atoms with Crippen molar-refractivity contribution in [2.24, 2.45) is 7.05 Å². The standard InChI is InChI=1S/C10H12N4S/c1-7-3-4-8(11)9(13-7)15-10-12-5-6-14(10)2/h3-6H,11H2,1-2H3. The third-order valence-corrected chi connectivity index (χ3v) is 3.09. The molecule has 5 heteroatoms. The molecule has 0 saturated carbocycles. The molecule has 0 amide bonds. The number of hydrogen-bond acceptors (Lipinski definition) is 4. The predicted molar refractivity (Wildman–Crippen MR) is 60.7 cm³/mol. The van der Waals surface area contributed by atoms with Crippen molar-refractivity contribution in [1.29, 1.82) is 0 Å². The molecule has 78 valence electrons. The van der Waals surface area contributed by atoms with E-state index in [-0.39, 0.29) is 0 Å². The fourth-order valence-corrected chi connectivity index (χ4v) is 2.03. The van der Waals surface area contributed by atoms with Crippen LogP contribution in [0.15, 0.2) is 34.7 Å². The maximum absolute atomic E-state index is 5.84. The highest BCUT2D eigenvalue weighted by Gasteiger charge is 2.07. The number of nitrogen functional groups attached to an aromatic ring is 1. The molecule has 2 aromatic rings. The lowest BCUT2D eigenvalue weighted by atomic mass is 10.3. The van der Waals surface area contributed by atoms with Crippen molar-refractivity contribution in [2.75, 3.05) is 5.73 Å². The van der Waals surface area contributed by atoms with Crippen molar-refractivity contribution in [3.8, 4) is 0 Å². The van der Waals surface area contributed by atoms with Crippen LogP contribution in [0, 0.1) is 6.92 Å². The number of nitrogens with zero attached hydrogens (tertiary/aromatic N) is 3. The topological polar surface area (TPSA) is 56.7 Å². The van der Waals surface area contributed by atoms with E-state index in [9.17, 15) is 0 Å². The van der Waals surface area contributed by atoms with Gasteiger partial charge in [-0.1, -0.05) is 0 Å². The van der Waals surface area contributed by atoms with Gasteiger partial charge in [-0.15, -0.1) is 0 Å². The van der Waals surface area contributed by atoms with Crippen LogP contribution < -0.4 is 5.73 Å². The molecule has 0 aromatic carbocycles. The van der Waals surface area contributed by atoms with Crippen LogP contribution in [0.3, 0.4) is 0 Å². The second kappa shape index (κ2) is 3.94. The largest absolute Gasteiger partial charge is 0.397 e. The molecule has 0 aliphatic carbocycles. The number of aryl methyl sites for hydroxylation is 2. The zero-order chi connectivity index (χ0) is 10.8. The van der Waals surface area contributed by atoms with E-state index in [1.165, 1.54) is 11.8 Å². The molecule has 4 nitrogen and oxygen atoms in total. The fourth-order valence-electron chi connectivity index (χ4n) is 1.16. The third-order valence-electron chi connectivity index (χ3n) is 1.99. The normalized spacial score (nSPS) is 10.5. The van der Waals surface area contributed by atoms with Crippen LogP contribution in [0.5, 0.6) is 0 Å². The Morgan fingerprint density at radius 3 is 2.87 bits per heavy atom. The zero-order valence-corrected chi connectivity index (χ0v) is 9.45. The lowest BCUT2D eigenvalue weighted by Gasteiger charge is -2.04. The second-order valence-corrected chi connectivity index (χ2v) is 4.23. The lowest BCUT2D eigenvalue weighted by molar-refractivity contribution is 0.788. The molecule has 0 radical (unpaired) electrons. The summed E-state index contributed by atoms with van der Waals surface area (Å²) >= 11 is 1.48. The Kier molecular flexibility index (Phi) is 2.64. The van der Waals surface area contributed by atoms with Gasteiger partial charge in [-0.25, -0.2) is 9.97 Å². The Morgan fingerprint density at radius 1 is 1.40 bits per heavy atom. The number of aromatic nitrogens is 3. The summed E-state index contributed by atoms with van der Waals surface area (Å²) in [5.41, 5.74) is 7.48. The average molecular weight is 220 g/mol. The van der Waals surface area contributed by atoms with Crippen molar-refractivity contribution < 1.29 is 0 Å². The van der Waals surface area contributed by atoms with Gasteiger partial charge >= 0.3 is 0 Å². The SMILES string of the molecule is Cc1ccc(N)c(Sc2nccn2C)n1. The summed E-state index contributed by atoms with van der Waals surface area (Å²) in [6.45, 7) is 1.95. The third kappa shape index (κ3) is 2.12. The van der Waals surface area contributed by atoms with Crippen molar-refractivity contribution in [2.45, 2.75) is 17.1 Å². The van der Waals surface area contributed by atoms with Gasteiger partial charge in [-0.05, 0) is 30.8 Å². The number of imidazole rings is 1. The molecule has 2 rings (SSSR count). The Bertz CT molecular complexity index is 478. The summed E-state index contributed by atoms with van der Waals surface area (Å²) in [6, 6.07) is 3.77. The Hall–Kier alpha value is -1.49. The minimum Gasteiger partial charge on any atom is -0.397 e. The van der Waals surface area contributed by atoms with Gasteiger partial charge in [0.05, 0.1) is 5.69 Å². The average Bonchev–Trinajstić information content (AvgIpc) is 2.58. The van der Waals surface area contributed by atoms with Crippen LogP contribution in [0.2, 0.25) is 0 Å². The number of hydrogen-bond donors (Lipinski definition) is 1. The first-order valence-electron chi connectivity index (χ1n) is 4.55. The Balaban J connectivity index is 2.32. The van der Waals surface area contributed by atoms with Gasteiger partial charge in [0, 0.05) is 25.1 Å². The summed E-state index contributed by atoms with van der Waals surface area (Å²) < 4.78 is 1.94. The molecule has 0 bridgehead atoms. The second-order valence-electron chi connectivity index (χ2n) is 3.27. The fraction of sp³-hybridized carbons (Fsp3) is 0.200. The van der Waals surface area contributed by atoms with E-state index in [0.29, 0.717) is 5.69 Å². The van der Waals surface area contributed by atoms with Gasteiger partial charge in [-0.3, -0.25) is 0 Å². The predicted octanol–water partition coefficient (Wildman–Crippen LogP) is 1.86. The molecule has 0 fully saturated rings. The van der Waals surface area contributed by atoms with Crippen LogP contribution in [0.1, 0.15) is 5.69 Å². The molecular formula is C10H12N4S. The molecule has 0 saturated heterocycles. The number of rotatable bonds is 2. The van der Waals surface area contributed by atoms with Gasteiger partial charge < -0.3 is 10.3 Å². The van der Waals surface area contributed by atoms with E-state index >= 15 is 0 Å². The quantitative estimate of drug-likeness (QED) is 0.839. The van der Waals surface area contributed by atoms with Crippen LogP contribution >= 0.6 is 11.8 Å². The van der Waals surface area contributed by atoms with E-state index in [2.05, 4.69) is 9.97 Å². The van der Waals surface area contributed by atoms with Gasteiger partial charge in [0.1, 0.15) is 5.03 Å². The summed E-state index contributed by atoms with van der Waals surface area (Å²) in [5.74, 6) is 0. The highest BCUT2D eigenvalue weighted by molar-refractivity contribution is 7.99. The van der Waals surface area contributed by atoms with Gasteiger partial charge in [0.2, 0.25) is 0 Å². The maximum atomic E-state index is 5.84. The number of nitrogens with two attached hydrogens (primary N) is 1. The van der Waals surface area contributed by atoms with Crippen molar-refractivity contribution in [3.63, 3.8) is 0 Å².